The van der Waals surface area contributed by atoms with Crippen molar-refractivity contribution in [3.8, 4) is 5.75 Å². The molecule has 0 spiro atoms. The standard InChI is InChI=1S/C15H17ClN2O/c16-14-11-13(3-7-17)1-2-15(14)19-10-6-12-4-8-18-9-5-12/h1-2,4-5,8-9,11H,3,6-7,10,17H2. The molecule has 0 fully saturated rings. The molecular weight excluding hydrogens is 260 g/mol. The highest BCUT2D eigenvalue weighted by Crippen LogP contribution is 2.25. The van der Waals surface area contributed by atoms with Crippen molar-refractivity contribution in [2.45, 2.75) is 12.8 Å². The molecule has 0 bridgehead atoms. The first-order chi connectivity index (χ1) is 9.29. The molecule has 0 atom stereocenters. The average Bonchev–Trinajstić information content (AvgIpc) is 2.43. The number of halogens is 1. The van der Waals surface area contributed by atoms with Gasteiger partial charge in [0.05, 0.1) is 11.6 Å². The molecule has 0 saturated heterocycles. The van der Waals surface area contributed by atoms with Gasteiger partial charge in [0.15, 0.2) is 0 Å². The van der Waals surface area contributed by atoms with Crippen LogP contribution in [0, 0.1) is 0 Å². The molecule has 4 heteroatoms. The molecular formula is C15H17ClN2O. The maximum Gasteiger partial charge on any atom is 0.137 e. The SMILES string of the molecule is NCCc1ccc(OCCc2ccncc2)c(Cl)c1. The number of aromatic nitrogens is 1. The topological polar surface area (TPSA) is 48.1 Å². The highest BCUT2D eigenvalue weighted by molar-refractivity contribution is 6.32. The molecule has 0 aliphatic heterocycles. The Morgan fingerprint density at radius 3 is 2.53 bits per heavy atom. The van der Waals surface area contributed by atoms with E-state index in [-0.39, 0.29) is 0 Å². The van der Waals surface area contributed by atoms with E-state index in [1.807, 2.05) is 30.3 Å². The van der Waals surface area contributed by atoms with Crippen molar-refractivity contribution in [1.29, 1.82) is 0 Å². The van der Waals surface area contributed by atoms with Crippen molar-refractivity contribution in [2.75, 3.05) is 13.2 Å². The number of ether oxygens (including phenoxy) is 1. The molecule has 1 heterocycles. The van der Waals surface area contributed by atoms with E-state index in [2.05, 4.69) is 4.98 Å². The van der Waals surface area contributed by atoms with E-state index in [0.29, 0.717) is 18.2 Å². The van der Waals surface area contributed by atoms with Crippen LogP contribution >= 0.6 is 11.6 Å². The Labute approximate surface area is 118 Å². The van der Waals surface area contributed by atoms with Gasteiger partial charge in [-0.1, -0.05) is 17.7 Å². The van der Waals surface area contributed by atoms with Gasteiger partial charge in [-0.3, -0.25) is 4.98 Å². The van der Waals surface area contributed by atoms with Crippen LogP contribution in [0.2, 0.25) is 5.02 Å². The largest absolute Gasteiger partial charge is 0.492 e. The highest BCUT2D eigenvalue weighted by atomic mass is 35.5. The zero-order valence-electron chi connectivity index (χ0n) is 10.7. The fourth-order valence-electron chi connectivity index (χ4n) is 1.81. The normalized spacial score (nSPS) is 10.4. The fourth-order valence-corrected chi connectivity index (χ4v) is 2.07. The fraction of sp³-hybridized carbons (Fsp3) is 0.267. The highest BCUT2D eigenvalue weighted by Gasteiger charge is 2.03. The number of hydrogen-bond acceptors (Lipinski definition) is 3. The third kappa shape index (κ3) is 4.23. The third-order valence-corrected chi connectivity index (χ3v) is 3.12. The second kappa shape index (κ2) is 7.12. The van der Waals surface area contributed by atoms with E-state index in [1.54, 1.807) is 12.4 Å². The molecule has 2 aromatic rings. The van der Waals surface area contributed by atoms with Crippen LogP contribution in [-0.2, 0) is 12.8 Å². The second-order valence-electron chi connectivity index (χ2n) is 4.26. The first-order valence-electron chi connectivity index (χ1n) is 6.30. The Balaban J connectivity index is 1.89. The Kier molecular flexibility index (Phi) is 5.19. The minimum Gasteiger partial charge on any atom is -0.492 e. The van der Waals surface area contributed by atoms with E-state index < -0.39 is 0 Å². The smallest absolute Gasteiger partial charge is 0.137 e. The minimum atomic E-state index is 0.597. The van der Waals surface area contributed by atoms with E-state index in [4.69, 9.17) is 22.1 Å². The van der Waals surface area contributed by atoms with Gasteiger partial charge < -0.3 is 10.5 Å². The second-order valence-corrected chi connectivity index (χ2v) is 4.66. The van der Waals surface area contributed by atoms with Crippen molar-refractivity contribution in [2.24, 2.45) is 5.73 Å². The molecule has 0 aliphatic rings. The summed E-state index contributed by atoms with van der Waals surface area (Å²) < 4.78 is 5.69. The summed E-state index contributed by atoms with van der Waals surface area (Å²) in [5, 5.41) is 0.640. The van der Waals surface area contributed by atoms with Crippen LogP contribution in [0.5, 0.6) is 5.75 Å². The minimum absolute atomic E-state index is 0.597. The number of hydrogen-bond donors (Lipinski definition) is 1. The Morgan fingerprint density at radius 1 is 1.05 bits per heavy atom. The first-order valence-corrected chi connectivity index (χ1v) is 6.67. The van der Waals surface area contributed by atoms with Gasteiger partial charge in [0.2, 0.25) is 0 Å². The molecule has 0 saturated carbocycles. The average molecular weight is 277 g/mol. The monoisotopic (exact) mass is 276 g/mol. The predicted molar refractivity (Wildman–Crippen MR) is 77.6 cm³/mol. The van der Waals surface area contributed by atoms with Crippen molar-refractivity contribution >= 4 is 11.6 Å². The van der Waals surface area contributed by atoms with Crippen LogP contribution in [0.15, 0.2) is 42.7 Å². The molecule has 0 amide bonds. The lowest BCUT2D eigenvalue weighted by molar-refractivity contribution is 0.322. The summed E-state index contributed by atoms with van der Waals surface area (Å²) >= 11 is 6.17. The maximum absolute atomic E-state index is 6.17. The lowest BCUT2D eigenvalue weighted by Crippen LogP contribution is -2.04. The van der Waals surface area contributed by atoms with Crippen LogP contribution < -0.4 is 10.5 Å². The Hall–Kier alpha value is -1.58. The van der Waals surface area contributed by atoms with Crippen molar-refractivity contribution in [3.63, 3.8) is 0 Å². The third-order valence-electron chi connectivity index (χ3n) is 2.83. The Morgan fingerprint density at radius 2 is 1.84 bits per heavy atom. The van der Waals surface area contributed by atoms with Gasteiger partial charge in [-0.2, -0.15) is 0 Å². The zero-order valence-corrected chi connectivity index (χ0v) is 11.4. The number of rotatable bonds is 6. The van der Waals surface area contributed by atoms with E-state index in [1.165, 1.54) is 5.56 Å². The summed E-state index contributed by atoms with van der Waals surface area (Å²) in [5.41, 5.74) is 7.85. The van der Waals surface area contributed by atoms with Gasteiger partial charge >= 0.3 is 0 Å². The molecule has 0 aliphatic carbocycles. The van der Waals surface area contributed by atoms with Crippen LogP contribution in [0.1, 0.15) is 11.1 Å². The van der Waals surface area contributed by atoms with E-state index in [0.717, 1.165) is 24.2 Å². The summed E-state index contributed by atoms with van der Waals surface area (Å²) in [6, 6.07) is 9.78. The van der Waals surface area contributed by atoms with Crippen LogP contribution in [0.25, 0.3) is 0 Å². The number of pyridine rings is 1. The van der Waals surface area contributed by atoms with Crippen LogP contribution in [0.4, 0.5) is 0 Å². The maximum atomic E-state index is 6.17. The molecule has 1 aromatic carbocycles. The molecule has 100 valence electrons. The van der Waals surface area contributed by atoms with Crippen molar-refractivity contribution in [1.82, 2.24) is 4.98 Å². The molecule has 2 rings (SSSR count). The zero-order chi connectivity index (χ0) is 13.5. The predicted octanol–water partition coefficient (Wildman–Crippen LogP) is 2.86. The summed E-state index contributed by atoms with van der Waals surface area (Å²) in [6.45, 7) is 1.22. The summed E-state index contributed by atoms with van der Waals surface area (Å²) in [5.74, 6) is 0.719. The first kappa shape index (κ1) is 13.8. The lowest BCUT2D eigenvalue weighted by Gasteiger charge is -2.09. The van der Waals surface area contributed by atoms with E-state index in [9.17, 15) is 0 Å². The molecule has 1 aromatic heterocycles. The van der Waals surface area contributed by atoms with Crippen molar-refractivity contribution in [3.05, 3.63) is 58.9 Å². The number of benzene rings is 1. The van der Waals surface area contributed by atoms with Gasteiger partial charge in [-0.25, -0.2) is 0 Å². The van der Waals surface area contributed by atoms with Gasteiger partial charge in [0.1, 0.15) is 5.75 Å². The molecule has 3 nitrogen and oxygen atoms in total. The summed E-state index contributed by atoms with van der Waals surface area (Å²) in [6.07, 6.45) is 5.23. The molecule has 19 heavy (non-hydrogen) atoms. The quantitative estimate of drug-likeness (QED) is 0.883. The van der Waals surface area contributed by atoms with Crippen molar-refractivity contribution < 1.29 is 4.74 Å². The van der Waals surface area contributed by atoms with Gasteiger partial charge in [0.25, 0.3) is 0 Å². The van der Waals surface area contributed by atoms with Crippen LogP contribution in [-0.4, -0.2) is 18.1 Å². The number of nitrogens with two attached hydrogens (primary N) is 1. The summed E-state index contributed by atoms with van der Waals surface area (Å²) in [7, 11) is 0. The Bertz CT molecular complexity index is 517. The van der Waals surface area contributed by atoms with Gasteiger partial charge in [0, 0.05) is 18.8 Å². The summed E-state index contributed by atoms with van der Waals surface area (Å²) in [4.78, 5) is 3.98. The molecule has 0 radical (unpaired) electrons. The molecule has 0 unspecified atom stereocenters. The molecule has 2 N–H and O–H groups in total. The van der Waals surface area contributed by atoms with E-state index >= 15 is 0 Å². The lowest BCUT2D eigenvalue weighted by atomic mass is 10.1. The van der Waals surface area contributed by atoms with Gasteiger partial charge in [-0.15, -0.1) is 0 Å². The van der Waals surface area contributed by atoms with Gasteiger partial charge in [-0.05, 0) is 48.4 Å². The van der Waals surface area contributed by atoms with Crippen LogP contribution in [0.3, 0.4) is 0 Å². The number of nitrogens with zero attached hydrogens (tertiary/aromatic N) is 1.